The SMILES string of the molecule is Cc1ccc(S(=O)(=O)N(CCCC/C=C/C(C)O)C(=O)OC(C)(C)C)cc1. The van der Waals surface area contributed by atoms with Crippen LogP contribution in [0, 0.1) is 6.92 Å². The van der Waals surface area contributed by atoms with E-state index in [1.54, 1.807) is 45.9 Å². The predicted octanol–water partition coefficient (Wildman–Crippen LogP) is 4.03. The van der Waals surface area contributed by atoms with Gasteiger partial charge in [0.15, 0.2) is 0 Å². The first kappa shape index (κ1) is 23.2. The Morgan fingerprint density at radius 1 is 1.22 bits per heavy atom. The molecule has 1 atom stereocenters. The zero-order chi connectivity index (χ0) is 20.7. The Morgan fingerprint density at radius 2 is 1.81 bits per heavy atom. The van der Waals surface area contributed by atoms with Crippen LogP contribution < -0.4 is 0 Å². The molecule has 1 amide bonds. The zero-order valence-corrected chi connectivity index (χ0v) is 17.6. The lowest BCUT2D eigenvalue weighted by Crippen LogP contribution is -2.41. The van der Waals surface area contributed by atoms with Crippen molar-refractivity contribution in [1.82, 2.24) is 4.31 Å². The van der Waals surface area contributed by atoms with Gasteiger partial charge in [-0.05, 0) is 66.0 Å². The van der Waals surface area contributed by atoms with Crippen molar-refractivity contribution in [2.24, 2.45) is 0 Å². The van der Waals surface area contributed by atoms with E-state index in [2.05, 4.69) is 0 Å². The molecule has 0 fully saturated rings. The number of nitrogens with zero attached hydrogens (tertiary/aromatic N) is 1. The highest BCUT2D eigenvalue weighted by atomic mass is 32.2. The van der Waals surface area contributed by atoms with Crippen molar-refractivity contribution in [2.75, 3.05) is 6.54 Å². The first-order chi connectivity index (χ1) is 12.4. The Balaban J connectivity index is 2.93. The number of aryl methyl sites for hydroxylation is 1. The summed E-state index contributed by atoms with van der Waals surface area (Å²) < 4.78 is 32.0. The van der Waals surface area contributed by atoms with Gasteiger partial charge in [0, 0.05) is 6.54 Å². The maximum atomic E-state index is 13.0. The fourth-order valence-electron chi connectivity index (χ4n) is 2.27. The highest BCUT2D eigenvalue weighted by Crippen LogP contribution is 2.20. The molecule has 0 aliphatic rings. The zero-order valence-electron chi connectivity index (χ0n) is 16.8. The third-order valence-corrected chi connectivity index (χ3v) is 5.38. The normalized spacial score (nSPS) is 13.6. The van der Waals surface area contributed by atoms with E-state index in [1.807, 2.05) is 13.0 Å². The summed E-state index contributed by atoms with van der Waals surface area (Å²) in [6, 6.07) is 6.38. The number of hydrogen-bond donors (Lipinski definition) is 1. The van der Waals surface area contributed by atoms with E-state index in [1.165, 1.54) is 12.1 Å². The number of aliphatic hydroxyl groups is 1. The number of hydrogen-bond acceptors (Lipinski definition) is 5. The Kier molecular flexibility index (Phi) is 8.50. The minimum atomic E-state index is -3.99. The van der Waals surface area contributed by atoms with E-state index in [-0.39, 0.29) is 11.4 Å². The van der Waals surface area contributed by atoms with Gasteiger partial charge in [0.2, 0.25) is 0 Å². The second-order valence-electron chi connectivity index (χ2n) is 7.54. The molecule has 0 spiro atoms. The van der Waals surface area contributed by atoms with Gasteiger partial charge in [0.25, 0.3) is 10.0 Å². The van der Waals surface area contributed by atoms with Crippen molar-refractivity contribution in [1.29, 1.82) is 0 Å². The maximum Gasteiger partial charge on any atom is 0.424 e. The van der Waals surface area contributed by atoms with Gasteiger partial charge in [-0.1, -0.05) is 29.8 Å². The summed E-state index contributed by atoms with van der Waals surface area (Å²) in [5.41, 5.74) is 0.140. The predicted molar refractivity (Wildman–Crippen MR) is 106 cm³/mol. The molecule has 6 nitrogen and oxygen atoms in total. The smallest absolute Gasteiger partial charge is 0.424 e. The van der Waals surface area contributed by atoms with Gasteiger partial charge in [-0.2, -0.15) is 0 Å². The maximum absolute atomic E-state index is 13.0. The summed E-state index contributed by atoms with van der Waals surface area (Å²) in [7, 11) is -3.99. The van der Waals surface area contributed by atoms with Gasteiger partial charge in [-0.25, -0.2) is 17.5 Å². The molecule has 27 heavy (non-hydrogen) atoms. The van der Waals surface area contributed by atoms with Crippen molar-refractivity contribution in [3.05, 3.63) is 42.0 Å². The number of sulfonamides is 1. The first-order valence-electron chi connectivity index (χ1n) is 9.10. The lowest BCUT2D eigenvalue weighted by molar-refractivity contribution is 0.0389. The fraction of sp³-hybridized carbons (Fsp3) is 0.550. The monoisotopic (exact) mass is 397 g/mol. The van der Waals surface area contributed by atoms with Crippen LogP contribution in [0.25, 0.3) is 0 Å². The Bertz CT molecular complexity index is 731. The van der Waals surface area contributed by atoms with Crippen LogP contribution in [0.3, 0.4) is 0 Å². The van der Waals surface area contributed by atoms with E-state index in [0.717, 1.165) is 9.87 Å². The average molecular weight is 398 g/mol. The summed E-state index contributed by atoms with van der Waals surface area (Å²) in [6.07, 6.45) is 4.01. The van der Waals surface area contributed by atoms with Crippen LogP contribution in [0.5, 0.6) is 0 Å². The number of ether oxygens (including phenoxy) is 1. The van der Waals surface area contributed by atoms with Crippen LogP contribution in [0.15, 0.2) is 41.3 Å². The molecular weight excluding hydrogens is 366 g/mol. The minimum Gasteiger partial charge on any atom is -0.443 e. The molecule has 1 unspecified atom stereocenters. The van der Waals surface area contributed by atoms with E-state index in [9.17, 15) is 18.3 Å². The van der Waals surface area contributed by atoms with Crippen molar-refractivity contribution in [3.8, 4) is 0 Å². The van der Waals surface area contributed by atoms with Gasteiger partial charge in [0.05, 0.1) is 11.0 Å². The number of carbonyl (C=O) groups is 1. The third-order valence-electron chi connectivity index (χ3n) is 3.60. The lowest BCUT2D eigenvalue weighted by atomic mass is 10.2. The molecule has 1 aromatic carbocycles. The summed E-state index contributed by atoms with van der Waals surface area (Å²) in [5, 5.41) is 9.19. The van der Waals surface area contributed by atoms with Crippen molar-refractivity contribution in [2.45, 2.75) is 70.5 Å². The van der Waals surface area contributed by atoms with Crippen molar-refractivity contribution < 1.29 is 23.1 Å². The highest BCUT2D eigenvalue weighted by molar-refractivity contribution is 7.89. The first-order valence-corrected chi connectivity index (χ1v) is 10.5. The molecule has 0 aromatic heterocycles. The molecule has 152 valence electrons. The summed E-state index contributed by atoms with van der Waals surface area (Å²) in [6.45, 7) is 8.65. The molecule has 7 heteroatoms. The number of benzene rings is 1. The average Bonchev–Trinajstić information content (AvgIpc) is 2.52. The van der Waals surface area contributed by atoms with E-state index < -0.39 is 27.8 Å². The molecular formula is C20H31NO5S. The molecule has 0 aliphatic carbocycles. The van der Waals surface area contributed by atoms with E-state index >= 15 is 0 Å². The molecule has 0 saturated heterocycles. The molecule has 1 rings (SSSR count). The number of aliphatic hydroxyl groups excluding tert-OH is 1. The summed E-state index contributed by atoms with van der Waals surface area (Å²) >= 11 is 0. The number of amides is 1. The lowest BCUT2D eigenvalue weighted by Gasteiger charge is -2.27. The van der Waals surface area contributed by atoms with Crippen molar-refractivity contribution >= 4 is 16.1 Å². The molecule has 0 saturated carbocycles. The van der Waals surface area contributed by atoms with Gasteiger partial charge < -0.3 is 9.84 Å². The molecule has 0 aliphatic heterocycles. The Hall–Kier alpha value is -1.86. The third kappa shape index (κ3) is 8.13. The van der Waals surface area contributed by atoms with Crippen LogP contribution >= 0.6 is 0 Å². The van der Waals surface area contributed by atoms with E-state index in [4.69, 9.17) is 4.74 Å². The number of allylic oxidation sites excluding steroid dienone is 1. The number of carbonyl (C=O) groups excluding carboxylic acids is 1. The Labute approximate surface area is 162 Å². The topological polar surface area (TPSA) is 83.9 Å². The van der Waals surface area contributed by atoms with Crippen LogP contribution in [0.1, 0.15) is 52.5 Å². The quantitative estimate of drug-likeness (QED) is 0.529. The second-order valence-corrected chi connectivity index (χ2v) is 9.40. The molecule has 1 aromatic rings. The molecule has 0 radical (unpaired) electrons. The fourth-order valence-corrected chi connectivity index (χ4v) is 3.61. The Morgan fingerprint density at radius 3 is 2.33 bits per heavy atom. The van der Waals surface area contributed by atoms with Gasteiger partial charge in [-0.3, -0.25) is 0 Å². The number of rotatable bonds is 8. The molecule has 0 bridgehead atoms. The van der Waals surface area contributed by atoms with Gasteiger partial charge >= 0.3 is 6.09 Å². The molecule has 1 N–H and O–H groups in total. The van der Waals surface area contributed by atoms with Crippen LogP contribution in [0.2, 0.25) is 0 Å². The minimum absolute atomic E-state index is 0.0354. The summed E-state index contributed by atoms with van der Waals surface area (Å²) in [4.78, 5) is 12.6. The van der Waals surface area contributed by atoms with Crippen molar-refractivity contribution in [3.63, 3.8) is 0 Å². The number of unbranched alkanes of at least 4 members (excludes halogenated alkanes) is 2. The van der Waals surface area contributed by atoms with Crippen LogP contribution in [-0.4, -0.2) is 42.2 Å². The van der Waals surface area contributed by atoms with Gasteiger partial charge in [-0.15, -0.1) is 0 Å². The second kappa shape index (κ2) is 9.90. The van der Waals surface area contributed by atoms with Gasteiger partial charge in [0.1, 0.15) is 5.60 Å². The highest BCUT2D eigenvalue weighted by Gasteiger charge is 2.32. The largest absolute Gasteiger partial charge is 0.443 e. The molecule has 0 heterocycles. The van der Waals surface area contributed by atoms with Crippen LogP contribution in [0.4, 0.5) is 4.79 Å². The van der Waals surface area contributed by atoms with Crippen LogP contribution in [-0.2, 0) is 14.8 Å². The standard InChI is InChI=1S/C20H31NO5S/c1-16-11-13-18(14-12-16)27(24,25)21(19(23)26-20(3,4)5)15-9-7-6-8-10-17(2)22/h8,10-14,17,22H,6-7,9,15H2,1-5H3/b10-8+. The van der Waals surface area contributed by atoms with E-state index in [0.29, 0.717) is 19.3 Å². The summed E-state index contributed by atoms with van der Waals surface area (Å²) in [5.74, 6) is 0.